The van der Waals surface area contributed by atoms with Gasteiger partial charge in [0.2, 0.25) is 0 Å². The van der Waals surface area contributed by atoms with Gasteiger partial charge in [0.05, 0.1) is 0 Å². The van der Waals surface area contributed by atoms with Crippen molar-refractivity contribution in [1.82, 2.24) is 10.2 Å². The quantitative estimate of drug-likeness (QED) is 0.698. The topological polar surface area (TPSA) is 15.3 Å². The summed E-state index contributed by atoms with van der Waals surface area (Å²) < 4.78 is 0. The SMILES string of the molecule is CCCCC(CCC)NC1CCN(C)C1. The summed E-state index contributed by atoms with van der Waals surface area (Å²) in [6, 6.07) is 1.52. The van der Waals surface area contributed by atoms with Crippen LogP contribution in [0.3, 0.4) is 0 Å². The minimum absolute atomic E-state index is 0.753. The predicted octanol–water partition coefficient (Wildman–Crippen LogP) is 2.64. The molecule has 15 heavy (non-hydrogen) atoms. The molecule has 1 N–H and O–H groups in total. The zero-order chi connectivity index (χ0) is 11.1. The van der Waals surface area contributed by atoms with E-state index in [9.17, 15) is 0 Å². The summed E-state index contributed by atoms with van der Waals surface area (Å²) in [5.41, 5.74) is 0. The van der Waals surface area contributed by atoms with Crippen molar-refractivity contribution < 1.29 is 0 Å². The Morgan fingerprint density at radius 2 is 2.07 bits per heavy atom. The highest BCUT2D eigenvalue weighted by Gasteiger charge is 2.21. The van der Waals surface area contributed by atoms with Gasteiger partial charge in [-0.1, -0.05) is 33.1 Å². The monoisotopic (exact) mass is 212 g/mol. The molecule has 2 heteroatoms. The van der Waals surface area contributed by atoms with Crippen LogP contribution in [0.5, 0.6) is 0 Å². The molecule has 1 saturated heterocycles. The molecular formula is C13H28N2. The second kappa shape index (κ2) is 7.24. The Morgan fingerprint density at radius 1 is 1.27 bits per heavy atom. The van der Waals surface area contributed by atoms with Gasteiger partial charge in [-0.05, 0) is 32.9 Å². The molecule has 0 amide bonds. The number of likely N-dealkylation sites (N-methyl/N-ethyl adjacent to an activating group) is 1. The summed E-state index contributed by atoms with van der Waals surface area (Å²) in [6.45, 7) is 7.09. The van der Waals surface area contributed by atoms with Crippen molar-refractivity contribution >= 4 is 0 Å². The minimum atomic E-state index is 0.753. The summed E-state index contributed by atoms with van der Waals surface area (Å²) >= 11 is 0. The lowest BCUT2D eigenvalue weighted by Crippen LogP contribution is -2.39. The molecule has 1 heterocycles. The minimum Gasteiger partial charge on any atom is -0.310 e. The predicted molar refractivity (Wildman–Crippen MR) is 67.3 cm³/mol. The van der Waals surface area contributed by atoms with Gasteiger partial charge in [0.25, 0.3) is 0 Å². The van der Waals surface area contributed by atoms with Gasteiger partial charge in [0.1, 0.15) is 0 Å². The molecule has 0 saturated carbocycles. The fourth-order valence-corrected chi connectivity index (χ4v) is 2.51. The van der Waals surface area contributed by atoms with Gasteiger partial charge in [0, 0.05) is 18.6 Å². The molecule has 0 spiro atoms. The van der Waals surface area contributed by atoms with Crippen LogP contribution in [0.15, 0.2) is 0 Å². The van der Waals surface area contributed by atoms with Crippen LogP contribution < -0.4 is 5.32 Å². The van der Waals surface area contributed by atoms with E-state index in [1.54, 1.807) is 0 Å². The molecule has 0 aromatic heterocycles. The third-order valence-electron chi connectivity index (χ3n) is 3.41. The van der Waals surface area contributed by atoms with E-state index in [0.29, 0.717) is 0 Å². The van der Waals surface area contributed by atoms with E-state index in [1.807, 2.05) is 0 Å². The van der Waals surface area contributed by atoms with Crippen LogP contribution in [0, 0.1) is 0 Å². The summed E-state index contributed by atoms with van der Waals surface area (Å²) in [5.74, 6) is 0. The molecule has 0 aromatic rings. The lowest BCUT2D eigenvalue weighted by Gasteiger charge is -2.22. The van der Waals surface area contributed by atoms with E-state index in [-0.39, 0.29) is 0 Å². The maximum absolute atomic E-state index is 3.84. The Hall–Kier alpha value is -0.0800. The molecule has 0 aromatic carbocycles. The largest absolute Gasteiger partial charge is 0.310 e. The van der Waals surface area contributed by atoms with Gasteiger partial charge < -0.3 is 10.2 Å². The highest BCUT2D eigenvalue weighted by Crippen LogP contribution is 2.12. The second-order valence-electron chi connectivity index (χ2n) is 5.04. The van der Waals surface area contributed by atoms with Crippen molar-refractivity contribution in [1.29, 1.82) is 0 Å². The Bertz CT molecular complexity index is 159. The number of hydrogen-bond acceptors (Lipinski definition) is 2. The first-order valence-electron chi connectivity index (χ1n) is 6.70. The average Bonchev–Trinajstić information content (AvgIpc) is 2.61. The smallest absolute Gasteiger partial charge is 0.0209 e. The van der Waals surface area contributed by atoms with Gasteiger partial charge in [0.15, 0.2) is 0 Å². The van der Waals surface area contributed by atoms with Crippen molar-refractivity contribution in [3.05, 3.63) is 0 Å². The molecule has 0 radical (unpaired) electrons. The van der Waals surface area contributed by atoms with Crippen LogP contribution in [-0.2, 0) is 0 Å². The maximum atomic E-state index is 3.84. The molecule has 2 atom stereocenters. The first-order valence-corrected chi connectivity index (χ1v) is 6.70. The number of rotatable bonds is 7. The lowest BCUT2D eigenvalue weighted by atomic mass is 10.0. The van der Waals surface area contributed by atoms with Crippen LogP contribution in [0.1, 0.15) is 52.4 Å². The van der Waals surface area contributed by atoms with Crippen molar-refractivity contribution in [3.63, 3.8) is 0 Å². The average molecular weight is 212 g/mol. The van der Waals surface area contributed by atoms with E-state index in [2.05, 4.69) is 31.1 Å². The highest BCUT2D eigenvalue weighted by molar-refractivity contribution is 4.82. The summed E-state index contributed by atoms with van der Waals surface area (Å²) in [4.78, 5) is 2.43. The van der Waals surface area contributed by atoms with Crippen molar-refractivity contribution in [2.45, 2.75) is 64.5 Å². The van der Waals surface area contributed by atoms with Crippen molar-refractivity contribution in [3.8, 4) is 0 Å². The summed E-state index contributed by atoms with van der Waals surface area (Å²) in [5, 5.41) is 3.84. The van der Waals surface area contributed by atoms with Gasteiger partial charge in [-0.3, -0.25) is 0 Å². The van der Waals surface area contributed by atoms with Crippen molar-refractivity contribution in [2.75, 3.05) is 20.1 Å². The molecule has 1 aliphatic heterocycles. The fraction of sp³-hybridized carbons (Fsp3) is 1.00. The van der Waals surface area contributed by atoms with Crippen LogP contribution in [-0.4, -0.2) is 37.1 Å². The Balaban J connectivity index is 2.23. The summed E-state index contributed by atoms with van der Waals surface area (Å²) in [6.07, 6.45) is 8.06. The molecule has 0 aliphatic carbocycles. The third-order valence-corrected chi connectivity index (χ3v) is 3.41. The number of hydrogen-bond donors (Lipinski definition) is 1. The van der Waals surface area contributed by atoms with Gasteiger partial charge in [-0.2, -0.15) is 0 Å². The van der Waals surface area contributed by atoms with E-state index in [4.69, 9.17) is 0 Å². The molecule has 2 unspecified atom stereocenters. The molecular weight excluding hydrogens is 184 g/mol. The fourth-order valence-electron chi connectivity index (χ4n) is 2.51. The first-order chi connectivity index (χ1) is 7.26. The van der Waals surface area contributed by atoms with E-state index in [0.717, 1.165) is 12.1 Å². The Labute approximate surface area is 95.4 Å². The van der Waals surface area contributed by atoms with Crippen LogP contribution in [0.2, 0.25) is 0 Å². The lowest BCUT2D eigenvalue weighted by molar-refractivity contribution is 0.358. The van der Waals surface area contributed by atoms with Gasteiger partial charge in [-0.15, -0.1) is 0 Å². The number of likely N-dealkylation sites (tertiary alicyclic amines) is 1. The van der Waals surface area contributed by atoms with E-state index in [1.165, 1.54) is 51.6 Å². The number of nitrogens with one attached hydrogen (secondary N) is 1. The van der Waals surface area contributed by atoms with Gasteiger partial charge in [-0.25, -0.2) is 0 Å². The first kappa shape index (κ1) is 13.0. The zero-order valence-corrected chi connectivity index (χ0v) is 10.8. The molecule has 90 valence electrons. The normalized spacial score (nSPS) is 24.6. The molecule has 1 aliphatic rings. The van der Waals surface area contributed by atoms with Crippen LogP contribution in [0.4, 0.5) is 0 Å². The molecule has 0 bridgehead atoms. The van der Waals surface area contributed by atoms with E-state index >= 15 is 0 Å². The second-order valence-corrected chi connectivity index (χ2v) is 5.04. The number of nitrogens with zero attached hydrogens (tertiary/aromatic N) is 1. The maximum Gasteiger partial charge on any atom is 0.0209 e. The van der Waals surface area contributed by atoms with Crippen LogP contribution >= 0.6 is 0 Å². The van der Waals surface area contributed by atoms with Gasteiger partial charge >= 0.3 is 0 Å². The number of unbranched alkanes of at least 4 members (excludes halogenated alkanes) is 1. The molecule has 1 fully saturated rings. The van der Waals surface area contributed by atoms with E-state index < -0.39 is 0 Å². The standard InChI is InChI=1S/C13H28N2/c1-4-6-8-12(7-5-2)14-13-9-10-15(3)11-13/h12-14H,4-11H2,1-3H3. The molecule has 1 rings (SSSR count). The van der Waals surface area contributed by atoms with Crippen LogP contribution in [0.25, 0.3) is 0 Å². The highest BCUT2D eigenvalue weighted by atomic mass is 15.2. The van der Waals surface area contributed by atoms with Crippen molar-refractivity contribution in [2.24, 2.45) is 0 Å². The third kappa shape index (κ3) is 4.98. The zero-order valence-electron chi connectivity index (χ0n) is 10.8. The Kier molecular flexibility index (Phi) is 6.26. The summed E-state index contributed by atoms with van der Waals surface area (Å²) in [7, 11) is 2.22. The molecule has 2 nitrogen and oxygen atoms in total. The Morgan fingerprint density at radius 3 is 2.60 bits per heavy atom.